The van der Waals surface area contributed by atoms with Gasteiger partial charge in [0.05, 0.1) is 7.85 Å². The standard InChI is InChI=1S/C16H34.C11H17N.CH3B/c1-4-7-9-11-14-16(13-6-3)15-12-10-8-5-2;1-4-7-10(8-5-2)9-11(12)6-3;1-2/h16H,4-15H2,1-3H3;4-8,11H,1,3,9,12H2,2H3;1H3/b;8-5-,10-7+;. The van der Waals surface area contributed by atoms with Crippen LogP contribution in [0, 0.1) is 5.92 Å². The summed E-state index contributed by atoms with van der Waals surface area (Å²) in [5.41, 5.74) is 6.89. The molecule has 2 heteroatoms. The Morgan fingerprint density at radius 1 is 0.833 bits per heavy atom. The van der Waals surface area contributed by atoms with Crippen LogP contribution in [0.5, 0.6) is 0 Å². The van der Waals surface area contributed by atoms with Crippen LogP contribution in [0.1, 0.15) is 111 Å². The maximum atomic E-state index is 5.71. The minimum Gasteiger partial charge on any atom is -0.324 e. The van der Waals surface area contributed by atoms with Crippen molar-refractivity contribution in [3.8, 4) is 0 Å². The summed E-state index contributed by atoms with van der Waals surface area (Å²) >= 11 is 0. The molecular weight excluding hydrogens is 361 g/mol. The normalized spacial score (nSPS) is 12.0. The van der Waals surface area contributed by atoms with E-state index in [-0.39, 0.29) is 6.04 Å². The summed E-state index contributed by atoms with van der Waals surface area (Å²) < 4.78 is 0. The fraction of sp³-hybridized carbons (Fsp3) is 0.714. The van der Waals surface area contributed by atoms with Crippen LogP contribution in [-0.2, 0) is 0 Å². The molecule has 0 bridgehead atoms. The molecule has 0 rings (SSSR count). The van der Waals surface area contributed by atoms with Gasteiger partial charge in [0.1, 0.15) is 0 Å². The van der Waals surface area contributed by atoms with Gasteiger partial charge >= 0.3 is 0 Å². The van der Waals surface area contributed by atoms with Crippen molar-refractivity contribution in [2.24, 2.45) is 11.7 Å². The molecule has 0 aromatic rings. The average molecular weight is 416 g/mol. The molecule has 1 unspecified atom stereocenters. The third-order valence-corrected chi connectivity index (χ3v) is 5.12. The molecule has 0 aliphatic heterocycles. The molecule has 0 aliphatic rings. The minimum atomic E-state index is 0.0346. The van der Waals surface area contributed by atoms with E-state index >= 15 is 0 Å². The van der Waals surface area contributed by atoms with Gasteiger partial charge in [-0.2, -0.15) is 0 Å². The summed E-state index contributed by atoms with van der Waals surface area (Å²) in [4.78, 5) is 0. The van der Waals surface area contributed by atoms with Gasteiger partial charge in [0.2, 0.25) is 0 Å². The fourth-order valence-electron chi connectivity index (χ4n) is 3.47. The number of nitrogens with two attached hydrogens (primary N) is 1. The molecular formula is C28H54BN. The van der Waals surface area contributed by atoms with E-state index in [9.17, 15) is 0 Å². The molecule has 0 fully saturated rings. The van der Waals surface area contributed by atoms with Crippen molar-refractivity contribution in [3.05, 3.63) is 49.1 Å². The molecule has 30 heavy (non-hydrogen) atoms. The molecule has 2 N–H and O–H groups in total. The Labute approximate surface area is 192 Å². The number of hydrogen-bond donors (Lipinski definition) is 1. The summed E-state index contributed by atoms with van der Waals surface area (Å²) in [5.74, 6) is 1.04. The molecule has 2 radical (unpaired) electrons. The highest BCUT2D eigenvalue weighted by Gasteiger charge is 2.06. The van der Waals surface area contributed by atoms with Crippen molar-refractivity contribution >= 4 is 7.85 Å². The Kier molecular flexibility index (Phi) is 33.8. The van der Waals surface area contributed by atoms with E-state index in [0.717, 1.165) is 12.3 Å². The highest BCUT2D eigenvalue weighted by atomic mass is 14.6. The molecule has 0 saturated carbocycles. The molecule has 0 aromatic carbocycles. The Balaban J connectivity index is -0.000000464. The highest BCUT2D eigenvalue weighted by Crippen LogP contribution is 2.22. The minimum absolute atomic E-state index is 0.0346. The van der Waals surface area contributed by atoms with Crippen molar-refractivity contribution in [1.29, 1.82) is 0 Å². The van der Waals surface area contributed by atoms with Crippen LogP contribution < -0.4 is 5.73 Å². The lowest BCUT2D eigenvalue weighted by molar-refractivity contribution is 0.379. The van der Waals surface area contributed by atoms with Gasteiger partial charge in [-0.15, -0.1) is 6.58 Å². The number of rotatable bonds is 17. The first-order valence-electron chi connectivity index (χ1n) is 12.5. The Hall–Kier alpha value is -1.02. The van der Waals surface area contributed by atoms with Crippen molar-refractivity contribution in [1.82, 2.24) is 0 Å². The molecule has 0 amide bonds. The molecule has 1 atom stereocenters. The molecule has 1 nitrogen and oxygen atoms in total. The van der Waals surface area contributed by atoms with Gasteiger partial charge in [0.25, 0.3) is 0 Å². The van der Waals surface area contributed by atoms with Crippen molar-refractivity contribution in [3.63, 3.8) is 0 Å². The molecule has 0 aliphatic carbocycles. The van der Waals surface area contributed by atoms with Gasteiger partial charge < -0.3 is 5.73 Å². The molecule has 0 aromatic heterocycles. The SMILES string of the molecule is C=C/C=C(\C=C/C)CC(N)C=C.CCCCCCC(CCC)CCCCCC.[B]C. The van der Waals surface area contributed by atoms with Gasteiger partial charge in [-0.05, 0) is 24.8 Å². The Morgan fingerprint density at radius 2 is 1.37 bits per heavy atom. The van der Waals surface area contributed by atoms with Crippen LogP contribution in [0.3, 0.4) is 0 Å². The van der Waals surface area contributed by atoms with Gasteiger partial charge in [0, 0.05) is 6.04 Å². The van der Waals surface area contributed by atoms with Crippen molar-refractivity contribution in [2.75, 3.05) is 0 Å². The first-order chi connectivity index (χ1) is 14.6. The van der Waals surface area contributed by atoms with Crippen LogP contribution in [0.25, 0.3) is 0 Å². The summed E-state index contributed by atoms with van der Waals surface area (Å²) in [6.45, 7) is 17.7. The van der Waals surface area contributed by atoms with E-state index in [1.54, 1.807) is 12.2 Å². The summed E-state index contributed by atoms with van der Waals surface area (Å²) in [6, 6.07) is 0.0346. The lowest BCUT2D eigenvalue weighted by atomic mass is 9.91. The topological polar surface area (TPSA) is 26.0 Å². The molecule has 0 spiro atoms. The van der Waals surface area contributed by atoms with E-state index in [1.807, 2.05) is 25.2 Å². The molecule has 174 valence electrons. The largest absolute Gasteiger partial charge is 0.324 e. The average Bonchev–Trinajstić information content (AvgIpc) is 2.76. The van der Waals surface area contributed by atoms with E-state index in [2.05, 4.69) is 41.8 Å². The fourth-order valence-corrected chi connectivity index (χ4v) is 3.47. The predicted molar refractivity (Wildman–Crippen MR) is 143 cm³/mol. The number of allylic oxidation sites excluding steroid dienone is 4. The van der Waals surface area contributed by atoms with Crippen LogP contribution in [0.2, 0.25) is 6.82 Å². The Bertz CT molecular complexity index is 385. The van der Waals surface area contributed by atoms with Crippen molar-refractivity contribution in [2.45, 2.75) is 124 Å². The molecule has 0 heterocycles. The smallest absolute Gasteiger partial charge is 0.0606 e. The maximum absolute atomic E-state index is 5.71. The van der Waals surface area contributed by atoms with Crippen LogP contribution in [-0.4, -0.2) is 13.9 Å². The second kappa shape index (κ2) is 30.2. The number of unbranched alkanes of at least 4 members (excludes halogenated alkanes) is 6. The zero-order valence-corrected chi connectivity index (χ0v) is 21.3. The quantitative estimate of drug-likeness (QED) is 0.109. The Morgan fingerprint density at radius 3 is 1.73 bits per heavy atom. The summed E-state index contributed by atoms with van der Waals surface area (Å²) in [6.07, 6.45) is 27.7. The van der Waals surface area contributed by atoms with E-state index in [0.29, 0.717) is 0 Å². The zero-order chi connectivity index (χ0) is 23.5. The monoisotopic (exact) mass is 415 g/mol. The second-order valence-electron chi connectivity index (χ2n) is 7.93. The van der Waals surface area contributed by atoms with Crippen LogP contribution >= 0.6 is 0 Å². The second-order valence-corrected chi connectivity index (χ2v) is 7.93. The van der Waals surface area contributed by atoms with Crippen molar-refractivity contribution < 1.29 is 0 Å². The van der Waals surface area contributed by atoms with E-state index in [4.69, 9.17) is 5.73 Å². The first kappa shape index (κ1) is 33.6. The number of hydrogen-bond acceptors (Lipinski definition) is 1. The van der Waals surface area contributed by atoms with Gasteiger partial charge in [-0.25, -0.2) is 0 Å². The zero-order valence-electron chi connectivity index (χ0n) is 21.3. The highest BCUT2D eigenvalue weighted by molar-refractivity contribution is 6.05. The van der Waals surface area contributed by atoms with Gasteiger partial charge in [-0.1, -0.05) is 142 Å². The summed E-state index contributed by atoms with van der Waals surface area (Å²) in [5, 5.41) is 0. The van der Waals surface area contributed by atoms with Crippen LogP contribution in [0.4, 0.5) is 0 Å². The van der Waals surface area contributed by atoms with Gasteiger partial charge in [0.15, 0.2) is 0 Å². The lowest BCUT2D eigenvalue weighted by Crippen LogP contribution is -2.16. The maximum Gasteiger partial charge on any atom is 0.0606 e. The molecule has 0 saturated heterocycles. The van der Waals surface area contributed by atoms with Crippen LogP contribution in [0.15, 0.2) is 49.1 Å². The van der Waals surface area contributed by atoms with E-state index < -0.39 is 0 Å². The van der Waals surface area contributed by atoms with Gasteiger partial charge in [-0.3, -0.25) is 0 Å². The summed E-state index contributed by atoms with van der Waals surface area (Å²) in [7, 11) is 4.50. The lowest BCUT2D eigenvalue weighted by Gasteiger charge is -2.15. The third kappa shape index (κ3) is 27.0. The van der Waals surface area contributed by atoms with E-state index in [1.165, 1.54) is 89.4 Å². The third-order valence-electron chi connectivity index (χ3n) is 5.12. The first-order valence-corrected chi connectivity index (χ1v) is 12.5. The predicted octanol–water partition coefficient (Wildman–Crippen LogP) is 9.12.